The lowest BCUT2D eigenvalue weighted by Gasteiger charge is -2.07. The zero-order valence-corrected chi connectivity index (χ0v) is 14.8. The molecule has 27 heavy (non-hydrogen) atoms. The third-order valence-corrected chi connectivity index (χ3v) is 4.32. The molecule has 0 fully saturated rings. The highest BCUT2D eigenvalue weighted by Crippen LogP contribution is 2.18. The summed E-state index contributed by atoms with van der Waals surface area (Å²) < 4.78 is 2.93. The molecule has 0 bridgehead atoms. The number of hydrogen-bond donors (Lipinski definition) is 1. The van der Waals surface area contributed by atoms with Gasteiger partial charge in [0.2, 0.25) is 5.91 Å². The predicted molar refractivity (Wildman–Crippen MR) is 105 cm³/mol. The van der Waals surface area contributed by atoms with Crippen molar-refractivity contribution in [3.05, 3.63) is 89.0 Å². The van der Waals surface area contributed by atoms with E-state index in [4.69, 9.17) is 0 Å². The summed E-state index contributed by atoms with van der Waals surface area (Å²) in [5.41, 5.74) is 3.69. The number of para-hydroxylation sites is 1. The van der Waals surface area contributed by atoms with Crippen LogP contribution < -0.4 is 10.9 Å². The molecule has 0 atom stereocenters. The number of aryl methyl sites for hydroxylation is 1. The van der Waals surface area contributed by atoms with E-state index in [0.717, 1.165) is 16.8 Å². The van der Waals surface area contributed by atoms with Gasteiger partial charge in [-0.2, -0.15) is 5.10 Å². The van der Waals surface area contributed by atoms with Gasteiger partial charge in [0.15, 0.2) is 0 Å². The lowest BCUT2D eigenvalue weighted by Crippen LogP contribution is -2.28. The molecule has 4 aromatic rings. The Bertz CT molecular complexity index is 1160. The van der Waals surface area contributed by atoms with Crippen LogP contribution in [0.15, 0.2) is 77.9 Å². The van der Waals surface area contributed by atoms with Crippen LogP contribution in [-0.4, -0.2) is 20.1 Å². The van der Waals surface area contributed by atoms with Crippen molar-refractivity contribution in [2.75, 3.05) is 5.32 Å². The number of fused-ring (bicyclic) bond motifs is 1. The van der Waals surface area contributed by atoms with E-state index in [-0.39, 0.29) is 18.0 Å². The van der Waals surface area contributed by atoms with E-state index in [1.807, 2.05) is 49.4 Å². The van der Waals surface area contributed by atoms with Gasteiger partial charge in [0.05, 0.1) is 5.69 Å². The average Bonchev–Trinajstić information content (AvgIpc) is 3.10. The second kappa shape index (κ2) is 6.92. The zero-order valence-electron chi connectivity index (χ0n) is 14.8. The fourth-order valence-electron chi connectivity index (χ4n) is 2.89. The molecule has 0 saturated carbocycles. The van der Waals surface area contributed by atoms with Crippen molar-refractivity contribution in [2.45, 2.75) is 13.5 Å². The first-order chi connectivity index (χ1) is 13.1. The molecule has 6 heteroatoms. The van der Waals surface area contributed by atoms with Gasteiger partial charge >= 0.3 is 0 Å². The Morgan fingerprint density at radius 1 is 1.04 bits per heavy atom. The number of hydrogen-bond acceptors (Lipinski definition) is 3. The molecule has 1 N–H and O–H groups in total. The van der Waals surface area contributed by atoms with Crippen molar-refractivity contribution in [1.29, 1.82) is 0 Å². The van der Waals surface area contributed by atoms with Crippen LogP contribution in [0.4, 0.5) is 5.69 Å². The van der Waals surface area contributed by atoms with Crippen LogP contribution in [0.1, 0.15) is 5.56 Å². The minimum absolute atomic E-state index is 0.0602. The van der Waals surface area contributed by atoms with Crippen molar-refractivity contribution in [3.8, 4) is 11.3 Å². The maximum atomic E-state index is 12.7. The van der Waals surface area contributed by atoms with Gasteiger partial charge in [0.1, 0.15) is 12.1 Å². The van der Waals surface area contributed by atoms with Crippen LogP contribution >= 0.6 is 0 Å². The van der Waals surface area contributed by atoms with Gasteiger partial charge < -0.3 is 9.88 Å². The number of rotatable bonds is 4. The van der Waals surface area contributed by atoms with Crippen LogP contribution in [0, 0.1) is 6.92 Å². The van der Waals surface area contributed by atoms with E-state index >= 15 is 0 Å². The van der Waals surface area contributed by atoms with Crippen LogP contribution in [0.2, 0.25) is 0 Å². The molecule has 2 aromatic carbocycles. The third-order valence-electron chi connectivity index (χ3n) is 4.32. The van der Waals surface area contributed by atoms with Gasteiger partial charge in [-0.25, -0.2) is 4.52 Å². The fourth-order valence-corrected chi connectivity index (χ4v) is 2.89. The molecule has 0 aliphatic rings. The molecular formula is C21H18N4O2. The van der Waals surface area contributed by atoms with Crippen molar-refractivity contribution in [2.24, 2.45) is 0 Å². The predicted octanol–water partition coefficient (Wildman–Crippen LogP) is 3.11. The first-order valence-corrected chi connectivity index (χ1v) is 8.61. The van der Waals surface area contributed by atoms with Crippen molar-refractivity contribution >= 4 is 17.1 Å². The summed E-state index contributed by atoms with van der Waals surface area (Å²) in [6.07, 6.45) is 3.26. The van der Waals surface area contributed by atoms with Gasteiger partial charge in [-0.3, -0.25) is 9.59 Å². The number of benzene rings is 2. The van der Waals surface area contributed by atoms with Gasteiger partial charge in [0.25, 0.3) is 5.56 Å². The molecule has 2 heterocycles. The first-order valence-electron chi connectivity index (χ1n) is 8.61. The van der Waals surface area contributed by atoms with Crippen molar-refractivity contribution in [1.82, 2.24) is 14.2 Å². The van der Waals surface area contributed by atoms with Crippen LogP contribution in [0.5, 0.6) is 0 Å². The molecule has 134 valence electrons. The quantitative estimate of drug-likeness (QED) is 0.609. The summed E-state index contributed by atoms with van der Waals surface area (Å²) in [4.78, 5) is 25.0. The number of carbonyl (C=O) groups excluding carboxylic acids is 1. The SMILES string of the molecule is Cc1ccc(-c2cc3c(=O)n(CC(=O)Nc4ccccc4)ccn3n2)cc1. The first kappa shape index (κ1) is 16.8. The smallest absolute Gasteiger partial charge is 0.277 e. The minimum Gasteiger partial charge on any atom is -0.325 e. The van der Waals surface area contributed by atoms with Crippen molar-refractivity contribution < 1.29 is 4.79 Å². The van der Waals surface area contributed by atoms with E-state index in [1.165, 1.54) is 4.57 Å². The molecule has 0 aliphatic heterocycles. The zero-order chi connectivity index (χ0) is 18.8. The molecule has 0 saturated heterocycles. The maximum Gasteiger partial charge on any atom is 0.277 e. The lowest BCUT2D eigenvalue weighted by molar-refractivity contribution is -0.116. The highest BCUT2D eigenvalue weighted by atomic mass is 16.2. The summed E-state index contributed by atoms with van der Waals surface area (Å²) in [6, 6.07) is 18.9. The maximum absolute atomic E-state index is 12.7. The van der Waals surface area contributed by atoms with E-state index in [0.29, 0.717) is 11.2 Å². The number of aromatic nitrogens is 3. The Labute approximate surface area is 155 Å². The topological polar surface area (TPSA) is 68.4 Å². The third kappa shape index (κ3) is 3.50. The number of carbonyl (C=O) groups is 1. The molecule has 1 amide bonds. The molecule has 0 unspecified atom stereocenters. The Hall–Kier alpha value is -3.67. The van der Waals surface area contributed by atoms with Gasteiger partial charge in [0, 0.05) is 23.6 Å². The number of anilines is 1. The fraction of sp³-hybridized carbons (Fsp3) is 0.0952. The van der Waals surface area contributed by atoms with E-state index in [1.54, 1.807) is 35.1 Å². The molecule has 6 nitrogen and oxygen atoms in total. The number of amides is 1. The normalized spacial score (nSPS) is 10.9. The highest BCUT2D eigenvalue weighted by molar-refractivity contribution is 5.90. The lowest BCUT2D eigenvalue weighted by atomic mass is 10.1. The second-order valence-corrected chi connectivity index (χ2v) is 6.37. The van der Waals surface area contributed by atoms with E-state index < -0.39 is 0 Å². The molecular weight excluding hydrogens is 340 g/mol. The summed E-state index contributed by atoms with van der Waals surface area (Å²) in [6.45, 7) is 1.96. The van der Waals surface area contributed by atoms with Gasteiger partial charge in [-0.1, -0.05) is 48.0 Å². The number of nitrogens with one attached hydrogen (secondary N) is 1. The summed E-state index contributed by atoms with van der Waals surface area (Å²) in [5, 5.41) is 7.25. The average molecular weight is 358 g/mol. The highest BCUT2D eigenvalue weighted by Gasteiger charge is 2.11. The molecule has 0 aliphatic carbocycles. The molecule has 0 radical (unpaired) electrons. The van der Waals surface area contributed by atoms with Gasteiger partial charge in [-0.15, -0.1) is 0 Å². The Balaban J connectivity index is 1.61. The van der Waals surface area contributed by atoms with E-state index in [2.05, 4.69) is 10.4 Å². The molecule has 0 spiro atoms. The van der Waals surface area contributed by atoms with Crippen molar-refractivity contribution in [3.63, 3.8) is 0 Å². The Morgan fingerprint density at radius 2 is 1.78 bits per heavy atom. The van der Waals surface area contributed by atoms with Crippen LogP contribution in [0.3, 0.4) is 0 Å². The summed E-state index contributed by atoms with van der Waals surface area (Å²) in [7, 11) is 0. The van der Waals surface area contributed by atoms with Gasteiger partial charge in [-0.05, 0) is 25.1 Å². The molecule has 2 aromatic heterocycles. The van der Waals surface area contributed by atoms with Crippen LogP contribution in [0.25, 0.3) is 16.8 Å². The van der Waals surface area contributed by atoms with E-state index in [9.17, 15) is 9.59 Å². The standard InChI is InChI=1S/C21H18N4O2/c1-15-7-9-16(10-8-15)18-13-19-21(27)24(11-12-25(19)23-18)14-20(26)22-17-5-3-2-4-6-17/h2-13H,14H2,1H3,(H,22,26). The van der Waals surface area contributed by atoms with Crippen LogP contribution in [-0.2, 0) is 11.3 Å². The largest absolute Gasteiger partial charge is 0.325 e. The minimum atomic E-state index is -0.258. The molecule has 4 rings (SSSR count). The second-order valence-electron chi connectivity index (χ2n) is 6.37. The Morgan fingerprint density at radius 3 is 2.52 bits per heavy atom. The summed E-state index contributed by atoms with van der Waals surface area (Å²) >= 11 is 0. The summed E-state index contributed by atoms with van der Waals surface area (Å²) in [5.74, 6) is -0.258. The number of nitrogens with zero attached hydrogens (tertiary/aromatic N) is 3. The Kier molecular flexibility index (Phi) is 4.30. The monoisotopic (exact) mass is 358 g/mol.